The van der Waals surface area contributed by atoms with E-state index in [2.05, 4.69) is 12.2 Å². The fourth-order valence-corrected chi connectivity index (χ4v) is 2.90. The largest absolute Gasteiger partial charge is 0.330 e. The molecule has 0 aromatic heterocycles. The number of hydrogen-bond donors (Lipinski definition) is 2. The number of rotatable bonds is 9. The van der Waals surface area contributed by atoms with Crippen LogP contribution in [-0.2, 0) is 0 Å². The second kappa shape index (κ2) is 9.00. The van der Waals surface area contributed by atoms with Crippen molar-refractivity contribution < 1.29 is 0 Å². The molecule has 0 heterocycles. The smallest absolute Gasteiger partial charge is 0.00670 e. The van der Waals surface area contributed by atoms with Crippen molar-refractivity contribution in [2.75, 3.05) is 13.1 Å². The van der Waals surface area contributed by atoms with Gasteiger partial charge in [-0.2, -0.15) is 0 Å². The second-order valence-corrected chi connectivity index (χ2v) is 5.31. The van der Waals surface area contributed by atoms with Crippen LogP contribution in [0.1, 0.15) is 64.7 Å². The first-order valence-electron chi connectivity index (χ1n) is 7.30. The molecule has 0 aromatic carbocycles. The number of nitrogens with one attached hydrogen (secondary N) is 1. The third-order valence-corrected chi connectivity index (χ3v) is 3.85. The minimum Gasteiger partial charge on any atom is -0.330 e. The fourth-order valence-electron chi connectivity index (χ4n) is 2.90. The first kappa shape index (κ1) is 14.0. The summed E-state index contributed by atoms with van der Waals surface area (Å²) in [7, 11) is 0. The lowest BCUT2D eigenvalue weighted by Crippen LogP contribution is -2.27. The molecular weight excluding hydrogens is 196 g/mol. The average molecular weight is 226 g/mol. The Bertz CT molecular complexity index is 147. The fraction of sp³-hybridized carbons (Fsp3) is 1.00. The summed E-state index contributed by atoms with van der Waals surface area (Å²) in [6, 6.07) is 0.833. The molecule has 0 aromatic rings. The van der Waals surface area contributed by atoms with Crippen LogP contribution in [0.4, 0.5) is 0 Å². The van der Waals surface area contributed by atoms with E-state index in [-0.39, 0.29) is 0 Å². The third kappa shape index (κ3) is 5.86. The Morgan fingerprint density at radius 2 is 1.94 bits per heavy atom. The van der Waals surface area contributed by atoms with Crippen LogP contribution in [0.15, 0.2) is 0 Å². The summed E-state index contributed by atoms with van der Waals surface area (Å²) >= 11 is 0. The summed E-state index contributed by atoms with van der Waals surface area (Å²) in [4.78, 5) is 0. The highest BCUT2D eigenvalue weighted by molar-refractivity contribution is 4.73. The predicted octanol–water partition coefficient (Wildman–Crippen LogP) is 3.06. The van der Waals surface area contributed by atoms with Crippen LogP contribution in [-0.4, -0.2) is 19.1 Å². The molecule has 0 bridgehead atoms. The maximum absolute atomic E-state index is 5.65. The first-order valence-corrected chi connectivity index (χ1v) is 7.30. The van der Waals surface area contributed by atoms with Gasteiger partial charge in [0, 0.05) is 6.04 Å². The van der Waals surface area contributed by atoms with E-state index in [0.29, 0.717) is 0 Å². The molecule has 1 aliphatic carbocycles. The van der Waals surface area contributed by atoms with Crippen LogP contribution in [0.3, 0.4) is 0 Å². The molecule has 0 saturated heterocycles. The minimum absolute atomic E-state index is 0.833. The lowest BCUT2D eigenvalue weighted by Gasteiger charge is -2.16. The van der Waals surface area contributed by atoms with E-state index in [1.54, 1.807) is 0 Å². The molecule has 1 rings (SSSR count). The molecule has 16 heavy (non-hydrogen) atoms. The number of hydrogen-bond acceptors (Lipinski definition) is 2. The quantitative estimate of drug-likeness (QED) is 0.593. The highest BCUT2D eigenvalue weighted by Crippen LogP contribution is 2.19. The van der Waals surface area contributed by atoms with E-state index < -0.39 is 0 Å². The maximum Gasteiger partial charge on any atom is 0.00670 e. The van der Waals surface area contributed by atoms with Crippen molar-refractivity contribution in [3.63, 3.8) is 0 Å². The Morgan fingerprint density at radius 1 is 1.19 bits per heavy atom. The van der Waals surface area contributed by atoms with Gasteiger partial charge in [0.05, 0.1) is 0 Å². The van der Waals surface area contributed by atoms with E-state index in [9.17, 15) is 0 Å². The van der Waals surface area contributed by atoms with Crippen molar-refractivity contribution in [3.05, 3.63) is 0 Å². The minimum atomic E-state index is 0.833. The van der Waals surface area contributed by atoms with E-state index >= 15 is 0 Å². The van der Waals surface area contributed by atoms with Gasteiger partial charge in [0.25, 0.3) is 0 Å². The summed E-state index contributed by atoms with van der Waals surface area (Å²) in [6.45, 7) is 4.36. The van der Waals surface area contributed by atoms with Gasteiger partial charge >= 0.3 is 0 Å². The number of nitrogens with two attached hydrogens (primary N) is 1. The van der Waals surface area contributed by atoms with E-state index in [1.807, 2.05) is 0 Å². The third-order valence-electron chi connectivity index (χ3n) is 3.85. The Balaban J connectivity index is 1.98. The van der Waals surface area contributed by atoms with Gasteiger partial charge in [0.1, 0.15) is 0 Å². The molecule has 0 spiro atoms. The normalized spacial score (nSPS) is 19.1. The van der Waals surface area contributed by atoms with E-state index in [1.165, 1.54) is 64.3 Å². The molecule has 2 nitrogen and oxygen atoms in total. The zero-order valence-electron chi connectivity index (χ0n) is 11.0. The topological polar surface area (TPSA) is 38.0 Å². The molecule has 96 valence electrons. The molecule has 0 aliphatic heterocycles. The highest BCUT2D eigenvalue weighted by atomic mass is 14.9. The SMILES string of the molecule is CCCC(CCN)CCCNC1CCCC1. The molecule has 0 amide bonds. The van der Waals surface area contributed by atoms with Gasteiger partial charge in [-0.15, -0.1) is 0 Å². The van der Waals surface area contributed by atoms with Gasteiger partial charge in [-0.25, -0.2) is 0 Å². The maximum atomic E-state index is 5.65. The molecular formula is C14H30N2. The first-order chi connectivity index (χ1) is 7.86. The lowest BCUT2D eigenvalue weighted by atomic mass is 9.94. The average Bonchev–Trinajstić information content (AvgIpc) is 2.78. The summed E-state index contributed by atoms with van der Waals surface area (Å²) in [5, 5.41) is 3.69. The van der Waals surface area contributed by atoms with Gasteiger partial charge in [0.2, 0.25) is 0 Å². The van der Waals surface area contributed by atoms with Crippen LogP contribution >= 0.6 is 0 Å². The highest BCUT2D eigenvalue weighted by Gasteiger charge is 2.13. The molecule has 1 aliphatic rings. The van der Waals surface area contributed by atoms with Gasteiger partial charge in [0.15, 0.2) is 0 Å². The molecule has 1 unspecified atom stereocenters. The van der Waals surface area contributed by atoms with Gasteiger partial charge in [-0.3, -0.25) is 0 Å². The molecule has 2 heteroatoms. The summed E-state index contributed by atoms with van der Waals surface area (Å²) in [5.41, 5.74) is 5.65. The van der Waals surface area contributed by atoms with Crippen LogP contribution < -0.4 is 11.1 Å². The lowest BCUT2D eigenvalue weighted by molar-refractivity contribution is 0.395. The summed E-state index contributed by atoms with van der Waals surface area (Å²) < 4.78 is 0. The molecule has 3 N–H and O–H groups in total. The van der Waals surface area contributed by atoms with Crippen LogP contribution in [0.5, 0.6) is 0 Å². The van der Waals surface area contributed by atoms with Crippen LogP contribution in [0.2, 0.25) is 0 Å². The Kier molecular flexibility index (Phi) is 7.87. The summed E-state index contributed by atoms with van der Waals surface area (Å²) in [5.74, 6) is 0.875. The van der Waals surface area contributed by atoms with Gasteiger partial charge < -0.3 is 11.1 Å². The van der Waals surface area contributed by atoms with E-state index in [4.69, 9.17) is 5.73 Å². The standard InChI is InChI=1S/C14H30N2/c1-2-6-13(10-11-15)7-5-12-16-14-8-3-4-9-14/h13-14,16H,2-12,15H2,1H3. The van der Waals surface area contributed by atoms with Crippen LogP contribution in [0, 0.1) is 5.92 Å². The van der Waals surface area contributed by atoms with Crippen molar-refractivity contribution in [1.82, 2.24) is 5.32 Å². The van der Waals surface area contributed by atoms with Crippen molar-refractivity contribution >= 4 is 0 Å². The van der Waals surface area contributed by atoms with E-state index in [0.717, 1.165) is 18.5 Å². The second-order valence-electron chi connectivity index (χ2n) is 5.31. The summed E-state index contributed by atoms with van der Waals surface area (Å²) in [6.07, 6.45) is 12.3. The monoisotopic (exact) mass is 226 g/mol. The molecule has 1 atom stereocenters. The zero-order chi connectivity index (χ0) is 11.6. The van der Waals surface area contributed by atoms with Crippen molar-refractivity contribution in [1.29, 1.82) is 0 Å². The molecule has 1 saturated carbocycles. The van der Waals surface area contributed by atoms with Gasteiger partial charge in [-0.05, 0) is 51.1 Å². The van der Waals surface area contributed by atoms with Gasteiger partial charge in [-0.1, -0.05) is 32.6 Å². The zero-order valence-corrected chi connectivity index (χ0v) is 11.0. The van der Waals surface area contributed by atoms with Crippen molar-refractivity contribution in [2.24, 2.45) is 11.7 Å². The van der Waals surface area contributed by atoms with Crippen LogP contribution in [0.25, 0.3) is 0 Å². The Labute approximate surface area is 101 Å². The Hall–Kier alpha value is -0.0800. The molecule has 0 radical (unpaired) electrons. The van der Waals surface area contributed by atoms with Crippen molar-refractivity contribution in [3.8, 4) is 0 Å². The predicted molar refractivity (Wildman–Crippen MR) is 71.6 cm³/mol. The molecule has 1 fully saturated rings. The van der Waals surface area contributed by atoms with Crippen molar-refractivity contribution in [2.45, 2.75) is 70.8 Å². The Morgan fingerprint density at radius 3 is 2.56 bits per heavy atom.